The second-order valence-corrected chi connectivity index (χ2v) is 7.51. The summed E-state index contributed by atoms with van der Waals surface area (Å²) >= 11 is 12.0. The fraction of sp³-hybridized carbons (Fsp3) is 0.333. The first-order valence-corrected chi connectivity index (χ1v) is 9.78. The van der Waals surface area contributed by atoms with Gasteiger partial charge in [0, 0.05) is 29.4 Å². The van der Waals surface area contributed by atoms with Gasteiger partial charge < -0.3 is 15.7 Å². The smallest absolute Gasteiger partial charge is 0.326 e. The van der Waals surface area contributed by atoms with Gasteiger partial charge in [0.25, 0.3) is 0 Å². The van der Waals surface area contributed by atoms with Crippen molar-refractivity contribution in [2.75, 3.05) is 6.54 Å². The fourth-order valence-corrected chi connectivity index (χ4v) is 3.85. The van der Waals surface area contributed by atoms with Crippen LogP contribution in [0.1, 0.15) is 36.6 Å². The van der Waals surface area contributed by atoms with Crippen LogP contribution in [-0.4, -0.2) is 29.6 Å². The largest absolute Gasteiger partial charge is 0.480 e. The van der Waals surface area contributed by atoms with Crippen LogP contribution in [0.5, 0.6) is 0 Å². The number of benzene rings is 2. The molecule has 0 aromatic heterocycles. The molecular formula is C21H24Cl2N2O3. The summed E-state index contributed by atoms with van der Waals surface area (Å²) in [7, 11) is 0. The van der Waals surface area contributed by atoms with Crippen LogP contribution in [0.4, 0.5) is 0 Å². The Morgan fingerprint density at radius 3 is 2.54 bits per heavy atom. The average Bonchev–Trinajstić information content (AvgIpc) is 2.61. The van der Waals surface area contributed by atoms with E-state index in [1.165, 1.54) is 18.1 Å². The minimum absolute atomic E-state index is 0.301. The van der Waals surface area contributed by atoms with Crippen LogP contribution >= 0.6 is 23.2 Å². The Labute approximate surface area is 175 Å². The van der Waals surface area contributed by atoms with Crippen LogP contribution < -0.4 is 10.6 Å². The Kier molecular flexibility index (Phi) is 8.30. The molecular weight excluding hydrogens is 399 g/mol. The van der Waals surface area contributed by atoms with E-state index in [0.29, 0.717) is 12.5 Å². The molecule has 1 aliphatic heterocycles. The lowest BCUT2D eigenvalue weighted by molar-refractivity contribution is -0.141. The van der Waals surface area contributed by atoms with Crippen LogP contribution in [-0.2, 0) is 22.4 Å². The summed E-state index contributed by atoms with van der Waals surface area (Å²) < 4.78 is 0. The second kappa shape index (κ2) is 10.5. The van der Waals surface area contributed by atoms with Crippen LogP contribution in [0.25, 0.3) is 0 Å². The second-order valence-electron chi connectivity index (χ2n) is 6.67. The van der Waals surface area contributed by atoms with Gasteiger partial charge in [-0.15, -0.1) is 0 Å². The molecule has 1 heterocycles. The molecule has 0 spiro atoms. The van der Waals surface area contributed by atoms with Crippen molar-refractivity contribution >= 4 is 35.1 Å². The van der Waals surface area contributed by atoms with E-state index >= 15 is 0 Å². The summed E-state index contributed by atoms with van der Waals surface area (Å²) in [6, 6.07) is 12.5. The number of hydrogen-bond acceptors (Lipinski definition) is 3. The number of rotatable bonds is 4. The summed E-state index contributed by atoms with van der Waals surface area (Å²) in [5.41, 5.74) is 3.37. The third-order valence-corrected chi connectivity index (χ3v) is 4.95. The van der Waals surface area contributed by atoms with Crippen LogP contribution in [0.3, 0.4) is 0 Å². The van der Waals surface area contributed by atoms with Crippen LogP contribution in [0.2, 0.25) is 10.0 Å². The zero-order valence-electron chi connectivity index (χ0n) is 15.8. The Morgan fingerprint density at radius 1 is 1.25 bits per heavy atom. The highest BCUT2D eigenvalue weighted by Gasteiger charge is 2.19. The van der Waals surface area contributed by atoms with E-state index in [4.69, 9.17) is 28.3 Å². The first-order valence-electron chi connectivity index (χ1n) is 9.03. The number of carbonyl (C=O) groups excluding carboxylic acids is 1. The number of nitrogens with one attached hydrogen (secondary N) is 2. The molecule has 7 heteroatoms. The van der Waals surface area contributed by atoms with Crippen molar-refractivity contribution in [2.45, 2.75) is 38.8 Å². The number of fused-ring (bicyclic) bond motifs is 1. The summed E-state index contributed by atoms with van der Waals surface area (Å²) in [4.78, 5) is 21.6. The fourth-order valence-electron chi connectivity index (χ4n) is 3.15. The van der Waals surface area contributed by atoms with Crippen molar-refractivity contribution in [2.24, 2.45) is 0 Å². The van der Waals surface area contributed by atoms with Crippen LogP contribution in [0, 0.1) is 0 Å². The van der Waals surface area contributed by atoms with Gasteiger partial charge >= 0.3 is 5.97 Å². The number of halogens is 2. The van der Waals surface area contributed by atoms with Crippen molar-refractivity contribution in [1.82, 2.24) is 10.6 Å². The van der Waals surface area contributed by atoms with Crippen molar-refractivity contribution in [3.05, 3.63) is 69.2 Å². The van der Waals surface area contributed by atoms with E-state index in [2.05, 4.69) is 17.6 Å². The Balaban J connectivity index is 0.000000202. The number of carboxylic acid groups (broad SMARTS) is 1. The highest BCUT2D eigenvalue weighted by atomic mass is 35.5. The van der Waals surface area contributed by atoms with Gasteiger partial charge in [-0.3, -0.25) is 4.79 Å². The molecule has 1 aliphatic rings. The minimum atomic E-state index is -1.02. The Bertz CT molecular complexity index is 828. The predicted octanol–water partition coefficient (Wildman–Crippen LogP) is 4.02. The maximum Gasteiger partial charge on any atom is 0.326 e. The van der Waals surface area contributed by atoms with Gasteiger partial charge in [-0.1, -0.05) is 53.5 Å². The molecule has 0 aliphatic carbocycles. The van der Waals surface area contributed by atoms with Crippen molar-refractivity contribution in [1.29, 1.82) is 0 Å². The van der Waals surface area contributed by atoms with E-state index in [1.54, 1.807) is 0 Å². The number of aliphatic carboxylic acids is 1. The first kappa shape index (κ1) is 22.2. The van der Waals surface area contributed by atoms with Gasteiger partial charge in [0.2, 0.25) is 5.91 Å². The number of carbonyl (C=O) groups is 2. The van der Waals surface area contributed by atoms with E-state index in [0.717, 1.165) is 28.6 Å². The Morgan fingerprint density at radius 2 is 1.93 bits per heavy atom. The quantitative estimate of drug-likeness (QED) is 0.694. The summed E-state index contributed by atoms with van der Waals surface area (Å²) in [6.07, 6.45) is 1.32. The summed E-state index contributed by atoms with van der Waals surface area (Å²) in [5.74, 6) is -1.35. The highest BCUT2D eigenvalue weighted by molar-refractivity contribution is 6.35. The maximum absolute atomic E-state index is 10.8. The predicted molar refractivity (Wildman–Crippen MR) is 112 cm³/mol. The van der Waals surface area contributed by atoms with Gasteiger partial charge in [-0.2, -0.15) is 0 Å². The normalized spacial score (nSPS) is 16.2. The molecule has 3 N–H and O–H groups in total. The molecule has 28 heavy (non-hydrogen) atoms. The van der Waals surface area contributed by atoms with Crippen molar-refractivity contribution in [3.8, 4) is 0 Å². The van der Waals surface area contributed by atoms with Gasteiger partial charge in [0.1, 0.15) is 6.04 Å². The molecule has 0 saturated heterocycles. The molecule has 3 rings (SSSR count). The van der Waals surface area contributed by atoms with Gasteiger partial charge in [-0.05, 0) is 48.7 Å². The van der Waals surface area contributed by atoms with E-state index in [1.807, 2.05) is 42.5 Å². The highest BCUT2D eigenvalue weighted by Crippen LogP contribution is 2.32. The molecule has 2 aromatic carbocycles. The van der Waals surface area contributed by atoms with Crippen LogP contribution in [0.15, 0.2) is 42.5 Å². The summed E-state index contributed by atoms with van der Waals surface area (Å²) in [5, 5.41) is 16.1. The third kappa shape index (κ3) is 6.51. The average molecular weight is 423 g/mol. The number of hydrogen-bond donors (Lipinski definition) is 3. The lowest BCUT2D eigenvalue weighted by Crippen LogP contribution is -2.41. The van der Waals surface area contributed by atoms with E-state index in [9.17, 15) is 9.59 Å². The number of carboxylic acids is 1. The molecule has 0 radical (unpaired) electrons. The van der Waals surface area contributed by atoms with Gasteiger partial charge in [-0.25, -0.2) is 4.79 Å². The minimum Gasteiger partial charge on any atom is -0.480 e. The third-order valence-electron chi connectivity index (χ3n) is 4.42. The van der Waals surface area contributed by atoms with Gasteiger partial charge in [0.15, 0.2) is 0 Å². The van der Waals surface area contributed by atoms with Crippen molar-refractivity contribution < 1.29 is 14.7 Å². The van der Waals surface area contributed by atoms with E-state index < -0.39 is 12.0 Å². The lowest BCUT2D eigenvalue weighted by atomic mass is 9.95. The SMILES string of the molecule is CC(=O)N[C@@H](Cc1ccccc1)C(=O)O.C[C@@H]1NCCc2cc(Cl)cc(Cl)c21. The molecule has 0 unspecified atom stereocenters. The first-order chi connectivity index (χ1) is 13.3. The zero-order chi connectivity index (χ0) is 20.7. The molecule has 1 amide bonds. The Hall–Kier alpha value is -2.08. The molecule has 5 nitrogen and oxygen atoms in total. The lowest BCUT2D eigenvalue weighted by Gasteiger charge is -2.25. The molecule has 150 valence electrons. The summed E-state index contributed by atoms with van der Waals surface area (Å²) in [6.45, 7) is 4.43. The number of amides is 1. The standard InChI is InChI=1S/C11H13NO3.C10H11Cl2N/c1-8(13)12-10(11(14)15)7-9-5-3-2-4-6-9;1-6-10-7(2-3-13-6)4-8(11)5-9(10)12/h2-6,10H,7H2,1H3,(H,12,13)(H,14,15);4-6,13H,2-3H2,1H3/t10-;6-/m00/s1. The molecule has 2 aromatic rings. The molecule has 0 saturated carbocycles. The van der Waals surface area contributed by atoms with Crippen molar-refractivity contribution in [3.63, 3.8) is 0 Å². The molecule has 2 atom stereocenters. The van der Waals surface area contributed by atoms with Gasteiger partial charge in [0.05, 0.1) is 0 Å². The molecule has 0 bridgehead atoms. The maximum atomic E-state index is 10.8. The van der Waals surface area contributed by atoms with E-state index in [-0.39, 0.29) is 5.91 Å². The topological polar surface area (TPSA) is 78.4 Å². The molecule has 0 fully saturated rings. The zero-order valence-corrected chi connectivity index (χ0v) is 17.3. The monoisotopic (exact) mass is 422 g/mol.